The number of halogens is 1. The number of para-hydroxylation sites is 1. The standard InChI is InChI=1S/C37H44ClN3O10/c1-20-10-8-13-28(48-7)37(45)18-27(49-31(43)19-37)23(4)34-36(5,51-34)29(50-35(44)39-33-21(2)11-9-12-25(33)41(46)47)17-30(42)40(6)26-16-24(14-20)15-22(3)32(26)38/h8-13,15-16,23,27-29,34,45H,14,17-19H2,1-7H3,(H,39,44)/b13-8+,20-10+/t23-,27+,28-,29+,34+,36+,37-/m1/s1. The number of hydrogen-bond acceptors (Lipinski definition) is 10. The maximum absolute atomic E-state index is 14.0. The molecule has 2 fully saturated rings. The molecule has 0 spiro atoms. The number of rotatable bonds is 4. The molecule has 0 radical (unpaired) electrons. The smallest absolute Gasteiger partial charge is 0.412 e. The third kappa shape index (κ3) is 7.96. The highest BCUT2D eigenvalue weighted by Crippen LogP contribution is 2.49. The van der Waals surface area contributed by atoms with Gasteiger partial charge in [0, 0.05) is 32.6 Å². The van der Waals surface area contributed by atoms with E-state index in [4.69, 9.17) is 30.5 Å². The minimum atomic E-state index is -1.59. The van der Waals surface area contributed by atoms with Crippen molar-refractivity contribution in [3.05, 3.63) is 86.0 Å². The van der Waals surface area contributed by atoms with Gasteiger partial charge in [0.05, 0.1) is 34.6 Å². The van der Waals surface area contributed by atoms with Gasteiger partial charge < -0.3 is 29.0 Å². The highest BCUT2D eigenvalue weighted by molar-refractivity contribution is 6.34. The fourth-order valence-corrected chi connectivity index (χ4v) is 7.36. The first-order valence-corrected chi connectivity index (χ1v) is 17.1. The van der Waals surface area contributed by atoms with Gasteiger partial charge in [-0.2, -0.15) is 0 Å². The number of fused-ring (bicyclic) bond motifs is 5. The predicted molar refractivity (Wildman–Crippen MR) is 190 cm³/mol. The number of nitrogens with zero attached hydrogens (tertiary/aromatic N) is 2. The summed E-state index contributed by atoms with van der Waals surface area (Å²) < 4.78 is 23.5. The van der Waals surface area contributed by atoms with Crippen LogP contribution in [0.2, 0.25) is 5.02 Å². The minimum Gasteiger partial charge on any atom is -0.462 e. The quantitative estimate of drug-likeness (QED) is 0.162. The number of benzene rings is 2. The number of methoxy groups -OCH3 is 1. The average Bonchev–Trinajstić information content (AvgIpc) is 3.75. The lowest BCUT2D eigenvalue weighted by Gasteiger charge is -2.41. The third-order valence-corrected chi connectivity index (χ3v) is 10.6. The molecule has 0 saturated carbocycles. The lowest BCUT2D eigenvalue weighted by Crippen LogP contribution is -2.53. The van der Waals surface area contributed by atoms with E-state index < -0.39 is 64.4 Å². The van der Waals surface area contributed by atoms with Crippen molar-refractivity contribution < 1.29 is 43.4 Å². The van der Waals surface area contributed by atoms with Crippen LogP contribution in [0.1, 0.15) is 56.7 Å². The van der Waals surface area contributed by atoms with Gasteiger partial charge >= 0.3 is 12.1 Å². The zero-order valence-electron chi connectivity index (χ0n) is 29.7. The molecule has 4 bridgehead atoms. The van der Waals surface area contributed by atoms with Gasteiger partial charge in [0.25, 0.3) is 5.69 Å². The number of epoxide rings is 1. The Kier molecular flexibility index (Phi) is 11.0. The molecule has 2 aromatic carbocycles. The molecule has 3 heterocycles. The topological polar surface area (TPSA) is 170 Å². The summed E-state index contributed by atoms with van der Waals surface area (Å²) >= 11 is 6.74. The Morgan fingerprint density at radius 3 is 2.61 bits per heavy atom. The summed E-state index contributed by atoms with van der Waals surface area (Å²) in [4.78, 5) is 52.9. The van der Waals surface area contributed by atoms with Gasteiger partial charge in [0.1, 0.15) is 35.2 Å². The lowest BCUT2D eigenvalue weighted by molar-refractivity contribution is -0.384. The van der Waals surface area contributed by atoms with E-state index in [0.717, 1.165) is 16.7 Å². The van der Waals surface area contributed by atoms with Crippen LogP contribution in [0, 0.1) is 29.9 Å². The summed E-state index contributed by atoms with van der Waals surface area (Å²) in [6, 6.07) is 8.14. The molecule has 2 saturated heterocycles. The number of anilines is 2. The van der Waals surface area contributed by atoms with E-state index in [-0.39, 0.29) is 30.6 Å². The van der Waals surface area contributed by atoms with Crippen molar-refractivity contribution in [2.75, 3.05) is 24.4 Å². The number of nitro groups is 1. The van der Waals surface area contributed by atoms with Crippen LogP contribution in [0.5, 0.6) is 0 Å². The highest BCUT2D eigenvalue weighted by atomic mass is 35.5. The molecule has 2 aromatic rings. The molecule has 0 aromatic heterocycles. The van der Waals surface area contributed by atoms with E-state index in [0.29, 0.717) is 22.7 Å². The number of ether oxygens (including phenoxy) is 4. The van der Waals surface area contributed by atoms with E-state index in [1.54, 1.807) is 46.0 Å². The molecule has 3 aliphatic rings. The van der Waals surface area contributed by atoms with Gasteiger partial charge in [-0.3, -0.25) is 25.0 Å². The van der Waals surface area contributed by atoms with E-state index >= 15 is 0 Å². The molecule has 2 amide bonds. The molecule has 2 N–H and O–H groups in total. The Morgan fingerprint density at radius 1 is 1.20 bits per heavy atom. The van der Waals surface area contributed by atoms with Crippen LogP contribution in [-0.4, -0.2) is 77.8 Å². The maximum atomic E-state index is 14.0. The Balaban J connectivity index is 1.54. The Hall–Kier alpha value is -4.30. The minimum absolute atomic E-state index is 0.0373. The lowest BCUT2D eigenvalue weighted by atomic mass is 9.78. The first-order chi connectivity index (χ1) is 24.0. The van der Waals surface area contributed by atoms with Crippen molar-refractivity contribution in [2.24, 2.45) is 5.92 Å². The van der Waals surface area contributed by atoms with Gasteiger partial charge in [0.15, 0.2) is 0 Å². The maximum Gasteiger partial charge on any atom is 0.412 e. The van der Waals surface area contributed by atoms with Crippen molar-refractivity contribution in [3.8, 4) is 0 Å². The van der Waals surface area contributed by atoms with Crippen LogP contribution in [0.3, 0.4) is 0 Å². The van der Waals surface area contributed by atoms with Crippen LogP contribution in [0.15, 0.2) is 54.1 Å². The summed E-state index contributed by atoms with van der Waals surface area (Å²) in [5, 5.41) is 26.4. The number of aryl methyl sites for hydroxylation is 2. The van der Waals surface area contributed by atoms with Gasteiger partial charge in [0.2, 0.25) is 5.91 Å². The summed E-state index contributed by atoms with van der Waals surface area (Å²) in [7, 11) is 3.04. The van der Waals surface area contributed by atoms with Crippen LogP contribution in [-0.2, 0) is 35.0 Å². The van der Waals surface area contributed by atoms with E-state index in [2.05, 4.69) is 5.32 Å². The molecule has 0 aliphatic carbocycles. The first kappa shape index (κ1) is 37.9. The van der Waals surface area contributed by atoms with Crippen LogP contribution in [0.4, 0.5) is 21.9 Å². The predicted octanol–water partition coefficient (Wildman–Crippen LogP) is 6.14. The second-order valence-corrected chi connectivity index (χ2v) is 14.4. The van der Waals surface area contributed by atoms with Crippen molar-refractivity contribution in [1.82, 2.24) is 0 Å². The number of carbonyl (C=O) groups excluding carboxylic acids is 3. The van der Waals surface area contributed by atoms with Gasteiger partial charge in [-0.25, -0.2) is 4.79 Å². The number of amides is 2. The SMILES string of the molecule is CO[C@@H]1/C=C/C=C(\C)Cc2cc(C)c(Cl)c(c2)N(C)C(=O)C[C@H](OC(=O)Nc2c(C)cccc2[N+](=O)[O-])[C@]2(C)O[C@H]2[C@H](C)[C@@H]2C[C@@]1(O)CC(=O)O2. The van der Waals surface area contributed by atoms with Crippen LogP contribution < -0.4 is 10.2 Å². The summed E-state index contributed by atoms with van der Waals surface area (Å²) in [6.07, 6.45) is 0.771. The molecule has 3 aliphatic heterocycles. The molecular weight excluding hydrogens is 682 g/mol. The van der Waals surface area contributed by atoms with E-state index in [1.807, 2.05) is 32.1 Å². The molecular formula is C37H44ClN3O10. The molecule has 51 heavy (non-hydrogen) atoms. The summed E-state index contributed by atoms with van der Waals surface area (Å²) in [6.45, 7) is 8.88. The Morgan fingerprint density at radius 2 is 1.92 bits per heavy atom. The number of hydrogen-bond donors (Lipinski definition) is 2. The molecule has 7 atom stereocenters. The summed E-state index contributed by atoms with van der Waals surface area (Å²) in [5.41, 5.74) is 0.315. The second-order valence-electron chi connectivity index (χ2n) is 14.0. The fraction of sp³-hybridized carbons (Fsp3) is 0.486. The fourth-order valence-electron chi connectivity index (χ4n) is 7.12. The van der Waals surface area contributed by atoms with Crippen molar-refractivity contribution in [2.45, 2.75) is 95.9 Å². The van der Waals surface area contributed by atoms with Crippen molar-refractivity contribution >= 4 is 46.6 Å². The molecule has 13 nitrogen and oxygen atoms in total. The Bertz CT molecular complexity index is 1800. The number of nitrogens with one attached hydrogen (secondary N) is 1. The third-order valence-electron chi connectivity index (χ3n) is 10.1. The van der Waals surface area contributed by atoms with Crippen LogP contribution >= 0.6 is 11.6 Å². The van der Waals surface area contributed by atoms with E-state index in [1.165, 1.54) is 24.1 Å². The van der Waals surface area contributed by atoms with E-state index in [9.17, 15) is 29.6 Å². The average molecular weight is 726 g/mol. The zero-order chi connectivity index (χ0) is 37.4. The molecule has 5 rings (SSSR count). The number of nitro benzene ring substituents is 1. The molecule has 274 valence electrons. The van der Waals surface area contributed by atoms with Crippen molar-refractivity contribution in [3.63, 3.8) is 0 Å². The largest absolute Gasteiger partial charge is 0.462 e. The number of allylic oxidation sites excluding steroid dienone is 3. The normalized spacial score (nSPS) is 31.4. The summed E-state index contributed by atoms with van der Waals surface area (Å²) in [5.74, 6) is -1.57. The number of carbonyl (C=O) groups is 3. The monoisotopic (exact) mass is 725 g/mol. The number of esters is 1. The highest BCUT2D eigenvalue weighted by Gasteiger charge is 2.64. The molecule has 14 heteroatoms. The molecule has 0 unspecified atom stereocenters. The first-order valence-electron chi connectivity index (χ1n) is 16.7. The second kappa shape index (κ2) is 14.7. The number of aliphatic hydroxyl groups is 1. The zero-order valence-corrected chi connectivity index (χ0v) is 30.5. The van der Waals surface area contributed by atoms with Crippen LogP contribution in [0.25, 0.3) is 0 Å². The van der Waals surface area contributed by atoms with Gasteiger partial charge in [-0.1, -0.05) is 60.5 Å². The van der Waals surface area contributed by atoms with Gasteiger partial charge in [-0.05, 0) is 56.9 Å². The van der Waals surface area contributed by atoms with Gasteiger partial charge in [-0.15, -0.1) is 0 Å². The Labute approximate surface area is 301 Å². The van der Waals surface area contributed by atoms with Crippen molar-refractivity contribution in [1.29, 1.82) is 0 Å².